The van der Waals surface area contributed by atoms with E-state index < -0.39 is 10.0 Å². The van der Waals surface area contributed by atoms with Crippen LogP contribution in [0.1, 0.15) is 23.1 Å². The van der Waals surface area contributed by atoms with Gasteiger partial charge in [-0.1, -0.05) is 30.4 Å². The van der Waals surface area contributed by atoms with Crippen molar-refractivity contribution in [3.63, 3.8) is 0 Å². The zero-order valence-corrected chi connectivity index (χ0v) is 13.8. The minimum Gasteiger partial charge on any atom is -0.316 e. The van der Waals surface area contributed by atoms with Crippen molar-refractivity contribution in [2.45, 2.75) is 31.7 Å². The number of nitrogens with one attached hydrogen (secondary N) is 2. The van der Waals surface area contributed by atoms with Gasteiger partial charge >= 0.3 is 0 Å². The summed E-state index contributed by atoms with van der Waals surface area (Å²) in [7, 11) is -1.82. The zero-order valence-electron chi connectivity index (χ0n) is 12.2. The van der Waals surface area contributed by atoms with E-state index in [1.54, 1.807) is 19.1 Å². The van der Waals surface area contributed by atoms with E-state index in [4.69, 9.17) is 0 Å². The molecule has 0 fully saturated rings. The van der Waals surface area contributed by atoms with Crippen LogP contribution in [0.5, 0.6) is 0 Å². The van der Waals surface area contributed by atoms with Crippen LogP contribution < -0.4 is 10.0 Å². The largest absolute Gasteiger partial charge is 0.316 e. The zero-order chi connectivity index (χ0) is 15.5. The normalized spacial score (nSPS) is 11.6. The summed E-state index contributed by atoms with van der Waals surface area (Å²) >= 11 is 1.25. The lowest BCUT2D eigenvalue weighted by Gasteiger charge is -2.11. The van der Waals surface area contributed by atoms with E-state index >= 15 is 0 Å². The SMILES string of the molecule is CCc1nnc(NS(=O)(=O)c2cccc(CNC)c2C)s1. The van der Waals surface area contributed by atoms with Crippen molar-refractivity contribution >= 4 is 26.5 Å². The maximum absolute atomic E-state index is 12.5. The lowest BCUT2D eigenvalue weighted by Crippen LogP contribution is -2.16. The molecule has 8 heteroatoms. The summed E-state index contributed by atoms with van der Waals surface area (Å²) in [4.78, 5) is 0.267. The van der Waals surface area contributed by atoms with Crippen molar-refractivity contribution in [3.05, 3.63) is 34.3 Å². The third kappa shape index (κ3) is 3.58. The molecule has 2 rings (SSSR count). The maximum Gasteiger partial charge on any atom is 0.263 e. The lowest BCUT2D eigenvalue weighted by atomic mass is 10.1. The van der Waals surface area contributed by atoms with E-state index in [1.807, 2.05) is 20.0 Å². The molecule has 1 heterocycles. The van der Waals surface area contributed by atoms with Gasteiger partial charge < -0.3 is 5.32 Å². The summed E-state index contributed by atoms with van der Waals surface area (Å²) in [6, 6.07) is 5.25. The topological polar surface area (TPSA) is 84.0 Å². The molecule has 0 saturated heterocycles. The van der Waals surface area contributed by atoms with Crippen molar-refractivity contribution in [1.82, 2.24) is 15.5 Å². The van der Waals surface area contributed by atoms with Gasteiger partial charge in [0, 0.05) is 6.54 Å². The Bertz CT molecular complexity index is 726. The first-order valence-corrected chi connectivity index (χ1v) is 8.86. The molecule has 0 aliphatic heterocycles. The van der Waals surface area contributed by atoms with Crippen LogP contribution in [-0.2, 0) is 23.0 Å². The average molecular weight is 326 g/mol. The Morgan fingerprint density at radius 2 is 2.05 bits per heavy atom. The van der Waals surface area contributed by atoms with Gasteiger partial charge in [0.05, 0.1) is 4.90 Å². The number of sulfonamides is 1. The van der Waals surface area contributed by atoms with Gasteiger partial charge in [-0.25, -0.2) is 8.42 Å². The summed E-state index contributed by atoms with van der Waals surface area (Å²) in [5.41, 5.74) is 1.69. The van der Waals surface area contributed by atoms with Crippen LogP contribution in [0, 0.1) is 6.92 Å². The lowest BCUT2D eigenvalue weighted by molar-refractivity contribution is 0.600. The molecule has 114 valence electrons. The van der Waals surface area contributed by atoms with Gasteiger partial charge in [0.1, 0.15) is 5.01 Å². The molecule has 21 heavy (non-hydrogen) atoms. The van der Waals surface area contributed by atoms with Gasteiger partial charge in [0.2, 0.25) is 5.13 Å². The predicted molar refractivity (Wildman–Crippen MR) is 84.0 cm³/mol. The Kier molecular flexibility index (Phi) is 4.92. The van der Waals surface area contributed by atoms with E-state index in [1.165, 1.54) is 11.3 Å². The standard InChI is InChI=1S/C13H18N4O2S2/c1-4-12-15-16-13(20-12)17-21(18,19)11-7-5-6-10(8-14-3)9(11)2/h5-7,14H,4,8H2,1-3H3,(H,16,17). The highest BCUT2D eigenvalue weighted by atomic mass is 32.2. The number of hydrogen-bond donors (Lipinski definition) is 2. The monoisotopic (exact) mass is 326 g/mol. The Morgan fingerprint density at radius 3 is 2.67 bits per heavy atom. The van der Waals surface area contributed by atoms with E-state index in [9.17, 15) is 8.42 Å². The van der Waals surface area contributed by atoms with Crippen molar-refractivity contribution in [3.8, 4) is 0 Å². The van der Waals surface area contributed by atoms with Gasteiger partial charge in [0.15, 0.2) is 0 Å². The number of benzene rings is 1. The molecule has 2 N–H and O–H groups in total. The third-order valence-electron chi connectivity index (χ3n) is 3.04. The molecule has 1 aromatic heterocycles. The molecule has 0 spiro atoms. The molecular formula is C13H18N4O2S2. The first-order chi connectivity index (χ1) is 9.97. The molecule has 0 atom stereocenters. The highest BCUT2D eigenvalue weighted by Crippen LogP contribution is 2.23. The van der Waals surface area contributed by atoms with Crippen molar-refractivity contribution in [2.75, 3.05) is 11.8 Å². The van der Waals surface area contributed by atoms with E-state index in [-0.39, 0.29) is 4.90 Å². The second-order valence-electron chi connectivity index (χ2n) is 4.53. The van der Waals surface area contributed by atoms with E-state index in [2.05, 4.69) is 20.2 Å². The quantitative estimate of drug-likeness (QED) is 0.847. The fourth-order valence-corrected chi connectivity index (χ4v) is 4.14. The summed E-state index contributed by atoms with van der Waals surface area (Å²) in [5.74, 6) is 0. The Morgan fingerprint density at radius 1 is 1.29 bits per heavy atom. The summed E-state index contributed by atoms with van der Waals surface area (Å²) in [6.07, 6.45) is 0.732. The first kappa shape index (κ1) is 15.9. The highest BCUT2D eigenvalue weighted by Gasteiger charge is 2.20. The van der Waals surface area contributed by atoms with Crippen LogP contribution >= 0.6 is 11.3 Å². The maximum atomic E-state index is 12.5. The second kappa shape index (κ2) is 6.50. The molecule has 0 bridgehead atoms. The van der Waals surface area contributed by atoms with E-state index in [0.717, 1.165) is 22.6 Å². The van der Waals surface area contributed by atoms with Crippen molar-refractivity contribution < 1.29 is 8.42 Å². The number of nitrogens with zero attached hydrogens (tertiary/aromatic N) is 2. The molecule has 0 radical (unpaired) electrons. The minimum absolute atomic E-state index is 0.267. The molecule has 0 aliphatic rings. The number of aryl methyl sites for hydroxylation is 1. The number of hydrogen-bond acceptors (Lipinski definition) is 6. The summed E-state index contributed by atoms with van der Waals surface area (Å²) < 4.78 is 27.5. The van der Waals surface area contributed by atoms with Crippen LogP contribution in [0.3, 0.4) is 0 Å². The van der Waals surface area contributed by atoms with Crippen LogP contribution in [0.4, 0.5) is 5.13 Å². The smallest absolute Gasteiger partial charge is 0.263 e. The molecule has 0 unspecified atom stereocenters. The Labute approximate surface area is 128 Å². The van der Waals surface area contributed by atoms with Crippen LogP contribution in [0.2, 0.25) is 0 Å². The fourth-order valence-electron chi connectivity index (χ4n) is 1.94. The Balaban J connectivity index is 2.33. The van der Waals surface area contributed by atoms with Crippen molar-refractivity contribution in [1.29, 1.82) is 0 Å². The van der Waals surface area contributed by atoms with Crippen LogP contribution in [-0.4, -0.2) is 25.7 Å². The molecule has 0 saturated carbocycles. The third-order valence-corrected chi connectivity index (χ3v) is 5.64. The van der Waals surface area contributed by atoms with Gasteiger partial charge in [-0.15, -0.1) is 10.2 Å². The van der Waals surface area contributed by atoms with Crippen LogP contribution in [0.15, 0.2) is 23.1 Å². The molecule has 0 aliphatic carbocycles. The number of rotatable bonds is 6. The molecular weight excluding hydrogens is 308 g/mol. The van der Waals surface area contributed by atoms with Crippen LogP contribution in [0.25, 0.3) is 0 Å². The average Bonchev–Trinajstić information content (AvgIpc) is 2.88. The number of aromatic nitrogens is 2. The van der Waals surface area contributed by atoms with Gasteiger partial charge in [-0.3, -0.25) is 4.72 Å². The molecule has 6 nitrogen and oxygen atoms in total. The first-order valence-electron chi connectivity index (χ1n) is 6.56. The molecule has 1 aromatic carbocycles. The van der Waals surface area contributed by atoms with Gasteiger partial charge in [-0.2, -0.15) is 0 Å². The molecule has 0 amide bonds. The summed E-state index contributed by atoms with van der Waals surface area (Å²) in [5, 5.41) is 11.9. The van der Waals surface area contributed by atoms with Gasteiger partial charge in [0.25, 0.3) is 10.0 Å². The molecule has 2 aromatic rings. The fraction of sp³-hybridized carbons (Fsp3) is 0.385. The Hall–Kier alpha value is -1.51. The van der Waals surface area contributed by atoms with Gasteiger partial charge in [-0.05, 0) is 37.6 Å². The summed E-state index contributed by atoms with van der Waals surface area (Å²) in [6.45, 7) is 4.37. The van der Waals surface area contributed by atoms with E-state index in [0.29, 0.717) is 11.7 Å². The van der Waals surface area contributed by atoms with Crippen molar-refractivity contribution in [2.24, 2.45) is 0 Å². The predicted octanol–water partition coefficient (Wildman–Crippen LogP) is 1.93. The second-order valence-corrected chi connectivity index (χ2v) is 7.24. The number of anilines is 1. The highest BCUT2D eigenvalue weighted by molar-refractivity contribution is 7.93. The minimum atomic E-state index is -3.65.